The molecule has 0 aromatic heterocycles. The van der Waals surface area contributed by atoms with Crippen molar-refractivity contribution in [3.8, 4) is 0 Å². The minimum absolute atomic E-state index is 0.00366. The molecule has 0 saturated carbocycles. The van der Waals surface area contributed by atoms with Crippen molar-refractivity contribution >= 4 is 11.6 Å². The van der Waals surface area contributed by atoms with Gasteiger partial charge in [-0.15, -0.1) is 0 Å². The summed E-state index contributed by atoms with van der Waals surface area (Å²) in [5, 5.41) is 2.65. The van der Waals surface area contributed by atoms with Gasteiger partial charge in [-0.2, -0.15) is 0 Å². The predicted octanol–water partition coefficient (Wildman–Crippen LogP) is 0.603. The van der Waals surface area contributed by atoms with E-state index in [9.17, 15) is 4.79 Å². The zero-order valence-electron chi connectivity index (χ0n) is 6.77. The van der Waals surface area contributed by atoms with E-state index in [2.05, 4.69) is 10.3 Å². The van der Waals surface area contributed by atoms with Gasteiger partial charge in [-0.25, -0.2) is 0 Å². The van der Waals surface area contributed by atoms with E-state index in [4.69, 9.17) is 0 Å². The number of nitrogens with zero attached hydrogens (tertiary/aromatic N) is 1. The molecule has 0 aliphatic rings. The van der Waals surface area contributed by atoms with Crippen molar-refractivity contribution in [2.24, 2.45) is 4.99 Å². The predicted molar refractivity (Wildman–Crippen MR) is 42.3 cm³/mol. The van der Waals surface area contributed by atoms with Crippen LogP contribution in [0.25, 0.3) is 0 Å². The van der Waals surface area contributed by atoms with Gasteiger partial charge in [0, 0.05) is 19.2 Å². The number of nitrogens with one attached hydrogen (secondary N) is 1. The fourth-order valence-corrected chi connectivity index (χ4v) is 0.511. The summed E-state index contributed by atoms with van der Waals surface area (Å²) in [6.45, 7) is 6.70. The van der Waals surface area contributed by atoms with E-state index in [0.717, 1.165) is 5.71 Å². The number of aliphatic imine (C=N–C) groups is 1. The molecule has 0 aliphatic heterocycles. The van der Waals surface area contributed by atoms with Crippen LogP contribution >= 0.6 is 0 Å². The molecule has 0 spiro atoms. The van der Waals surface area contributed by atoms with Crippen molar-refractivity contribution in [3.05, 3.63) is 0 Å². The van der Waals surface area contributed by atoms with Crippen molar-refractivity contribution in [2.45, 2.75) is 20.8 Å². The van der Waals surface area contributed by atoms with E-state index >= 15 is 0 Å². The lowest BCUT2D eigenvalue weighted by Crippen LogP contribution is -2.22. The number of hydrogen-bond acceptors (Lipinski definition) is 2. The van der Waals surface area contributed by atoms with Crippen LogP contribution < -0.4 is 5.32 Å². The molecule has 10 heavy (non-hydrogen) atoms. The molecule has 1 N–H and O–H groups in total. The minimum Gasteiger partial charge on any atom is -0.354 e. The van der Waals surface area contributed by atoms with Crippen LogP contribution in [0.4, 0.5) is 0 Å². The average molecular weight is 142 g/mol. The molecule has 0 heterocycles. The molecule has 0 aliphatic carbocycles. The zero-order chi connectivity index (χ0) is 7.98. The van der Waals surface area contributed by atoms with Crippen LogP contribution in [-0.4, -0.2) is 24.7 Å². The molecule has 1 amide bonds. The maximum absolute atomic E-state index is 10.3. The molecule has 0 rings (SSSR count). The standard InChI is InChI=1S/C7H14N2O/c1-6(2)8-4-5-9-7(3)10/h4-5H2,1-3H3,(H,9,10). The summed E-state index contributed by atoms with van der Waals surface area (Å²) in [6.07, 6.45) is 0. The van der Waals surface area contributed by atoms with Gasteiger partial charge >= 0.3 is 0 Å². The highest BCUT2D eigenvalue weighted by atomic mass is 16.1. The van der Waals surface area contributed by atoms with Crippen molar-refractivity contribution in [1.29, 1.82) is 0 Å². The van der Waals surface area contributed by atoms with E-state index in [-0.39, 0.29) is 5.91 Å². The number of carbonyl (C=O) groups is 1. The molecule has 0 atom stereocenters. The summed E-state index contributed by atoms with van der Waals surface area (Å²) in [7, 11) is 0. The maximum Gasteiger partial charge on any atom is 0.216 e. The third-order valence-corrected chi connectivity index (χ3v) is 0.914. The van der Waals surface area contributed by atoms with Crippen LogP contribution in [0, 0.1) is 0 Å². The number of rotatable bonds is 3. The lowest BCUT2D eigenvalue weighted by molar-refractivity contribution is -0.118. The highest BCUT2D eigenvalue weighted by Crippen LogP contribution is 1.73. The summed E-state index contributed by atoms with van der Waals surface area (Å²) in [5.41, 5.74) is 1.05. The monoisotopic (exact) mass is 142 g/mol. The van der Waals surface area contributed by atoms with Crippen LogP contribution in [0.5, 0.6) is 0 Å². The summed E-state index contributed by atoms with van der Waals surface area (Å²) < 4.78 is 0. The molecule has 0 unspecified atom stereocenters. The Morgan fingerprint density at radius 1 is 1.40 bits per heavy atom. The largest absolute Gasteiger partial charge is 0.354 e. The smallest absolute Gasteiger partial charge is 0.216 e. The van der Waals surface area contributed by atoms with Gasteiger partial charge in [-0.1, -0.05) is 0 Å². The Morgan fingerprint density at radius 3 is 2.40 bits per heavy atom. The SMILES string of the molecule is CC(=O)NCCN=C(C)C. The molecule has 0 saturated heterocycles. The second kappa shape index (κ2) is 4.97. The van der Waals surface area contributed by atoms with Crippen molar-refractivity contribution in [1.82, 2.24) is 5.32 Å². The Bertz CT molecular complexity index is 137. The van der Waals surface area contributed by atoms with Crippen molar-refractivity contribution < 1.29 is 4.79 Å². The first-order valence-corrected chi connectivity index (χ1v) is 3.35. The highest BCUT2D eigenvalue weighted by molar-refractivity contribution is 5.79. The van der Waals surface area contributed by atoms with Gasteiger partial charge in [0.05, 0.1) is 6.54 Å². The molecule has 3 heteroatoms. The van der Waals surface area contributed by atoms with Crippen molar-refractivity contribution in [3.63, 3.8) is 0 Å². The Kier molecular flexibility index (Phi) is 4.54. The Morgan fingerprint density at radius 2 is 2.00 bits per heavy atom. The molecule has 0 aromatic carbocycles. The van der Waals surface area contributed by atoms with E-state index in [0.29, 0.717) is 13.1 Å². The van der Waals surface area contributed by atoms with Crippen LogP contribution in [0.3, 0.4) is 0 Å². The van der Waals surface area contributed by atoms with Crippen LogP contribution in [0.15, 0.2) is 4.99 Å². The lowest BCUT2D eigenvalue weighted by atomic mass is 10.5. The molecular weight excluding hydrogens is 128 g/mol. The lowest BCUT2D eigenvalue weighted by Gasteiger charge is -1.96. The number of amides is 1. The molecule has 0 bridgehead atoms. The van der Waals surface area contributed by atoms with Gasteiger partial charge < -0.3 is 5.32 Å². The number of carbonyl (C=O) groups excluding carboxylic acids is 1. The van der Waals surface area contributed by atoms with E-state index < -0.39 is 0 Å². The van der Waals surface area contributed by atoms with Gasteiger partial charge in [-0.3, -0.25) is 9.79 Å². The summed E-state index contributed by atoms with van der Waals surface area (Å²) in [6, 6.07) is 0. The van der Waals surface area contributed by atoms with Gasteiger partial charge in [-0.05, 0) is 13.8 Å². The van der Waals surface area contributed by atoms with Crippen LogP contribution in [0.2, 0.25) is 0 Å². The molecular formula is C7H14N2O. The van der Waals surface area contributed by atoms with Gasteiger partial charge in [0.25, 0.3) is 0 Å². The first-order valence-electron chi connectivity index (χ1n) is 3.35. The third-order valence-electron chi connectivity index (χ3n) is 0.914. The third kappa shape index (κ3) is 7.14. The quantitative estimate of drug-likeness (QED) is 0.455. The van der Waals surface area contributed by atoms with Crippen LogP contribution in [-0.2, 0) is 4.79 Å². The highest BCUT2D eigenvalue weighted by Gasteiger charge is 1.86. The Labute approximate surface area is 61.5 Å². The molecule has 0 radical (unpaired) electrons. The Hall–Kier alpha value is -0.860. The van der Waals surface area contributed by atoms with E-state index in [1.165, 1.54) is 6.92 Å². The fraction of sp³-hybridized carbons (Fsp3) is 0.714. The second-order valence-corrected chi connectivity index (χ2v) is 2.31. The Balaban J connectivity index is 3.21. The van der Waals surface area contributed by atoms with Crippen LogP contribution in [0.1, 0.15) is 20.8 Å². The van der Waals surface area contributed by atoms with Crippen molar-refractivity contribution in [2.75, 3.05) is 13.1 Å². The minimum atomic E-state index is 0.00366. The first kappa shape index (κ1) is 9.14. The summed E-state index contributed by atoms with van der Waals surface area (Å²) in [4.78, 5) is 14.4. The normalized spacial score (nSPS) is 8.70. The first-order chi connectivity index (χ1) is 4.63. The molecule has 58 valence electrons. The van der Waals surface area contributed by atoms with E-state index in [1.54, 1.807) is 0 Å². The summed E-state index contributed by atoms with van der Waals surface area (Å²) >= 11 is 0. The van der Waals surface area contributed by atoms with Gasteiger partial charge in [0.1, 0.15) is 0 Å². The second-order valence-electron chi connectivity index (χ2n) is 2.31. The zero-order valence-corrected chi connectivity index (χ0v) is 6.77. The topological polar surface area (TPSA) is 41.5 Å². The molecule has 3 nitrogen and oxygen atoms in total. The van der Waals surface area contributed by atoms with E-state index in [1.807, 2.05) is 13.8 Å². The molecule has 0 fully saturated rings. The fourth-order valence-electron chi connectivity index (χ4n) is 0.511. The maximum atomic E-state index is 10.3. The average Bonchev–Trinajstić information content (AvgIpc) is 1.79. The van der Waals surface area contributed by atoms with Gasteiger partial charge in [0.15, 0.2) is 0 Å². The number of hydrogen-bond donors (Lipinski definition) is 1. The summed E-state index contributed by atoms with van der Waals surface area (Å²) in [5.74, 6) is 0.00366. The molecule has 0 aromatic rings. The van der Waals surface area contributed by atoms with Gasteiger partial charge in [0.2, 0.25) is 5.91 Å².